The van der Waals surface area contributed by atoms with E-state index >= 15 is 0 Å². The minimum absolute atomic E-state index is 0.720. The number of hydroxylamine groups is 1. The summed E-state index contributed by atoms with van der Waals surface area (Å²) in [6, 6.07) is 4.31. The third kappa shape index (κ3) is 3.67. The molecule has 0 aromatic heterocycles. The maximum Gasteiger partial charge on any atom is 0.0572 e. The Bertz CT molecular complexity index is 333. The highest BCUT2D eigenvalue weighted by atomic mass is 79.9. The number of rotatable bonds is 5. The first-order valence-electron chi connectivity index (χ1n) is 4.39. The Labute approximate surface area is 108 Å². The van der Waals surface area contributed by atoms with E-state index in [-0.39, 0.29) is 0 Å². The van der Waals surface area contributed by atoms with Gasteiger partial charge in [0.05, 0.1) is 7.11 Å². The van der Waals surface area contributed by atoms with Gasteiger partial charge >= 0.3 is 0 Å². The molecule has 0 saturated carbocycles. The zero-order chi connectivity index (χ0) is 11.3. The topological polar surface area (TPSA) is 21.3 Å². The van der Waals surface area contributed by atoms with Crippen LogP contribution in [0.5, 0.6) is 0 Å². The lowest BCUT2D eigenvalue weighted by Crippen LogP contribution is -2.10. The highest BCUT2D eigenvalue weighted by Crippen LogP contribution is 2.35. The molecule has 1 N–H and O–H groups in total. The smallest absolute Gasteiger partial charge is 0.0572 e. The average molecular weight is 308 g/mol. The van der Waals surface area contributed by atoms with Gasteiger partial charge in [-0.25, -0.2) is 0 Å². The molecule has 0 radical (unpaired) electrons. The van der Waals surface area contributed by atoms with E-state index in [1.54, 1.807) is 30.6 Å². The fraction of sp³-hybridized carbons (Fsp3) is 0.400. The summed E-state index contributed by atoms with van der Waals surface area (Å²) in [5, 5.41) is 0. The second kappa shape index (κ2) is 6.81. The molecule has 0 heterocycles. The van der Waals surface area contributed by atoms with Crippen molar-refractivity contribution in [3.63, 3.8) is 0 Å². The average Bonchev–Trinajstić information content (AvgIpc) is 2.25. The molecule has 5 heteroatoms. The second-order valence-electron chi connectivity index (χ2n) is 2.84. The molecule has 0 aliphatic rings. The summed E-state index contributed by atoms with van der Waals surface area (Å²) in [7, 11) is 1.63. The molecule has 2 nitrogen and oxygen atoms in total. The number of nitrogens with one attached hydrogen (secondary N) is 1. The Hall–Kier alpha value is 0.320. The van der Waals surface area contributed by atoms with Crippen LogP contribution in [0.4, 0.5) is 0 Å². The molecule has 0 spiro atoms. The van der Waals surface area contributed by atoms with Gasteiger partial charge in [-0.1, -0.05) is 0 Å². The van der Waals surface area contributed by atoms with E-state index in [0.717, 1.165) is 11.0 Å². The van der Waals surface area contributed by atoms with Crippen LogP contribution in [0.2, 0.25) is 0 Å². The van der Waals surface area contributed by atoms with Crippen LogP contribution < -0.4 is 5.48 Å². The minimum Gasteiger partial charge on any atom is -0.305 e. The highest BCUT2D eigenvalue weighted by molar-refractivity contribution is 9.10. The van der Waals surface area contributed by atoms with Crippen molar-refractivity contribution in [3.8, 4) is 0 Å². The van der Waals surface area contributed by atoms with Gasteiger partial charge in [0.25, 0.3) is 0 Å². The third-order valence-corrected chi connectivity index (χ3v) is 4.54. The Morgan fingerprint density at radius 2 is 2.07 bits per heavy atom. The molecule has 0 aliphatic carbocycles. The SMILES string of the molecule is CONCc1cc(Br)c(SC)c(SC)c1. The maximum absolute atomic E-state index is 4.84. The quantitative estimate of drug-likeness (QED) is 0.663. The van der Waals surface area contributed by atoms with Crippen molar-refractivity contribution in [2.75, 3.05) is 19.6 Å². The highest BCUT2D eigenvalue weighted by Gasteiger charge is 2.07. The van der Waals surface area contributed by atoms with Gasteiger partial charge in [0.1, 0.15) is 0 Å². The Morgan fingerprint density at radius 1 is 1.33 bits per heavy atom. The van der Waals surface area contributed by atoms with Crippen LogP contribution in [0.3, 0.4) is 0 Å². The normalized spacial score (nSPS) is 10.7. The van der Waals surface area contributed by atoms with Crippen molar-refractivity contribution in [2.45, 2.75) is 16.3 Å². The van der Waals surface area contributed by atoms with E-state index in [4.69, 9.17) is 4.84 Å². The molecule has 1 aromatic carbocycles. The molecule has 0 amide bonds. The van der Waals surface area contributed by atoms with Crippen molar-refractivity contribution in [3.05, 3.63) is 22.2 Å². The molecule has 1 aromatic rings. The van der Waals surface area contributed by atoms with Gasteiger partial charge in [-0.05, 0) is 46.1 Å². The summed E-state index contributed by atoms with van der Waals surface area (Å²) in [6.07, 6.45) is 4.18. The first-order chi connectivity index (χ1) is 7.22. The van der Waals surface area contributed by atoms with Crippen LogP contribution in [0.1, 0.15) is 5.56 Å². The predicted molar refractivity (Wildman–Crippen MR) is 71.6 cm³/mol. The van der Waals surface area contributed by atoms with E-state index in [2.05, 4.69) is 46.1 Å². The van der Waals surface area contributed by atoms with Gasteiger partial charge in [-0.3, -0.25) is 0 Å². The summed E-state index contributed by atoms with van der Waals surface area (Å²) in [4.78, 5) is 7.43. The molecule has 0 bridgehead atoms. The van der Waals surface area contributed by atoms with E-state index in [1.165, 1.54) is 15.4 Å². The molecule has 84 valence electrons. The van der Waals surface area contributed by atoms with Gasteiger partial charge in [-0.15, -0.1) is 23.5 Å². The predicted octanol–water partition coefficient (Wildman–Crippen LogP) is 3.54. The fourth-order valence-electron chi connectivity index (χ4n) is 1.23. The van der Waals surface area contributed by atoms with Crippen LogP contribution in [0, 0.1) is 0 Å². The summed E-state index contributed by atoms with van der Waals surface area (Å²) >= 11 is 7.11. The Morgan fingerprint density at radius 3 is 2.60 bits per heavy atom. The van der Waals surface area contributed by atoms with Crippen LogP contribution in [0.15, 0.2) is 26.4 Å². The second-order valence-corrected chi connectivity index (χ2v) is 5.36. The lowest BCUT2D eigenvalue weighted by molar-refractivity contribution is 0.0866. The minimum atomic E-state index is 0.720. The van der Waals surface area contributed by atoms with Crippen molar-refractivity contribution in [1.29, 1.82) is 0 Å². The van der Waals surface area contributed by atoms with Crippen molar-refractivity contribution >= 4 is 39.5 Å². The Kier molecular flexibility index (Phi) is 6.07. The maximum atomic E-state index is 4.84. The number of thioether (sulfide) groups is 2. The van der Waals surface area contributed by atoms with Crippen LogP contribution in [-0.2, 0) is 11.4 Å². The fourth-order valence-corrected chi connectivity index (χ4v) is 3.93. The van der Waals surface area contributed by atoms with Crippen molar-refractivity contribution < 1.29 is 4.84 Å². The van der Waals surface area contributed by atoms with Crippen LogP contribution >= 0.6 is 39.5 Å². The number of hydrogen-bond acceptors (Lipinski definition) is 4. The summed E-state index contributed by atoms with van der Waals surface area (Å²) in [6.45, 7) is 0.720. The van der Waals surface area contributed by atoms with Crippen molar-refractivity contribution in [2.24, 2.45) is 0 Å². The van der Waals surface area contributed by atoms with Gasteiger partial charge in [0.15, 0.2) is 0 Å². The van der Waals surface area contributed by atoms with Crippen molar-refractivity contribution in [1.82, 2.24) is 5.48 Å². The lowest BCUT2D eigenvalue weighted by Gasteiger charge is -2.10. The lowest BCUT2D eigenvalue weighted by atomic mass is 10.2. The molecule has 0 unspecified atom stereocenters. The van der Waals surface area contributed by atoms with Gasteiger partial charge in [-0.2, -0.15) is 5.48 Å². The molecule has 15 heavy (non-hydrogen) atoms. The molecule has 1 rings (SSSR count). The Balaban J connectivity index is 2.97. The molecular weight excluding hydrogens is 294 g/mol. The molecule has 0 atom stereocenters. The van der Waals surface area contributed by atoms with Crippen LogP contribution in [-0.4, -0.2) is 19.6 Å². The summed E-state index contributed by atoms with van der Waals surface area (Å²) in [5.41, 5.74) is 4.06. The third-order valence-electron chi connectivity index (χ3n) is 1.91. The van der Waals surface area contributed by atoms with E-state index in [0.29, 0.717) is 0 Å². The summed E-state index contributed by atoms with van der Waals surface area (Å²) in [5.74, 6) is 0. The molecule has 0 fully saturated rings. The summed E-state index contributed by atoms with van der Waals surface area (Å²) < 4.78 is 1.15. The van der Waals surface area contributed by atoms with E-state index in [9.17, 15) is 0 Å². The first kappa shape index (κ1) is 13.4. The monoisotopic (exact) mass is 307 g/mol. The van der Waals surface area contributed by atoms with Crippen LogP contribution in [0.25, 0.3) is 0 Å². The largest absolute Gasteiger partial charge is 0.305 e. The zero-order valence-electron chi connectivity index (χ0n) is 8.96. The van der Waals surface area contributed by atoms with E-state index in [1.807, 2.05) is 0 Å². The van der Waals surface area contributed by atoms with E-state index < -0.39 is 0 Å². The number of benzene rings is 1. The zero-order valence-corrected chi connectivity index (χ0v) is 12.2. The molecule has 0 saturated heterocycles. The standard InChI is InChI=1S/C10H14BrNOS2/c1-13-12-6-7-4-8(11)10(15-3)9(5-7)14-2/h4-5,12H,6H2,1-3H3. The number of halogens is 1. The first-order valence-corrected chi connectivity index (χ1v) is 7.63. The number of hydrogen-bond donors (Lipinski definition) is 1. The molecular formula is C10H14BrNOS2. The van der Waals surface area contributed by atoms with Gasteiger partial charge in [0, 0.05) is 20.8 Å². The molecule has 0 aliphatic heterocycles. The van der Waals surface area contributed by atoms with Gasteiger partial charge in [0.2, 0.25) is 0 Å². The van der Waals surface area contributed by atoms with Gasteiger partial charge < -0.3 is 4.84 Å².